The molecule has 0 saturated heterocycles. The van der Waals surface area contributed by atoms with E-state index >= 15 is 0 Å². The number of rotatable bonds is 5. The minimum atomic E-state index is 0. The highest BCUT2D eigenvalue weighted by atomic mass is 35.5. The third kappa shape index (κ3) is 4.45. The van der Waals surface area contributed by atoms with Crippen molar-refractivity contribution in [3.63, 3.8) is 0 Å². The van der Waals surface area contributed by atoms with Gasteiger partial charge in [0, 0.05) is 26.1 Å². The van der Waals surface area contributed by atoms with Crippen LogP contribution in [0.25, 0.3) is 10.8 Å². The lowest BCUT2D eigenvalue weighted by molar-refractivity contribution is -0.131. The molecule has 0 aromatic heterocycles. The number of fused-ring (bicyclic) bond motifs is 1. The second kappa shape index (κ2) is 8.01. The molecule has 0 aliphatic rings. The van der Waals surface area contributed by atoms with Gasteiger partial charge >= 0.3 is 0 Å². The van der Waals surface area contributed by atoms with Gasteiger partial charge in [0.25, 0.3) is 0 Å². The summed E-state index contributed by atoms with van der Waals surface area (Å²) in [6, 6.07) is 14.7. The molecule has 2 rings (SSSR count). The van der Waals surface area contributed by atoms with Gasteiger partial charge in [0.15, 0.2) is 0 Å². The average molecular weight is 307 g/mol. The number of benzene rings is 2. The van der Waals surface area contributed by atoms with Gasteiger partial charge in [-0.1, -0.05) is 42.5 Å². The first-order valence-electron chi connectivity index (χ1n) is 7.05. The van der Waals surface area contributed by atoms with E-state index in [1.807, 2.05) is 26.1 Å². The van der Waals surface area contributed by atoms with Crippen molar-refractivity contribution in [1.82, 2.24) is 4.90 Å². The number of nitrogens with zero attached hydrogens (tertiary/aromatic N) is 1. The Morgan fingerprint density at radius 3 is 2.52 bits per heavy atom. The lowest BCUT2D eigenvalue weighted by Crippen LogP contribution is -2.39. The normalized spacial score (nSPS) is 11.8. The molecule has 2 N–H and O–H groups in total. The monoisotopic (exact) mass is 306 g/mol. The SMILES string of the molecule is CC(CN)N(C)C(=O)CCc1ccc2ccccc2c1.Cl. The summed E-state index contributed by atoms with van der Waals surface area (Å²) < 4.78 is 0. The molecular formula is C17H23ClN2O. The van der Waals surface area contributed by atoms with E-state index in [4.69, 9.17) is 5.73 Å². The largest absolute Gasteiger partial charge is 0.342 e. The van der Waals surface area contributed by atoms with Crippen LogP contribution in [0, 0.1) is 0 Å². The summed E-state index contributed by atoms with van der Waals surface area (Å²) in [5.74, 6) is 0.149. The van der Waals surface area contributed by atoms with E-state index in [1.165, 1.54) is 16.3 Å². The molecule has 2 aromatic rings. The van der Waals surface area contributed by atoms with Crippen molar-refractivity contribution in [1.29, 1.82) is 0 Å². The van der Waals surface area contributed by atoms with E-state index in [0.717, 1.165) is 6.42 Å². The molecule has 0 fully saturated rings. The molecule has 0 bridgehead atoms. The summed E-state index contributed by atoms with van der Waals surface area (Å²) in [5, 5.41) is 2.46. The number of hydrogen-bond donors (Lipinski definition) is 1. The molecule has 2 aromatic carbocycles. The molecular weight excluding hydrogens is 284 g/mol. The van der Waals surface area contributed by atoms with Gasteiger partial charge in [0.1, 0.15) is 0 Å². The second-order valence-electron chi connectivity index (χ2n) is 5.27. The van der Waals surface area contributed by atoms with E-state index < -0.39 is 0 Å². The number of halogens is 1. The Morgan fingerprint density at radius 2 is 1.86 bits per heavy atom. The van der Waals surface area contributed by atoms with Crippen LogP contribution in [0.2, 0.25) is 0 Å². The maximum atomic E-state index is 12.1. The summed E-state index contributed by atoms with van der Waals surface area (Å²) in [6.07, 6.45) is 1.30. The molecule has 21 heavy (non-hydrogen) atoms. The predicted molar refractivity (Wildman–Crippen MR) is 90.8 cm³/mol. The van der Waals surface area contributed by atoms with E-state index in [2.05, 4.69) is 30.3 Å². The molecule has 0 saturated carbocycles. The smallest absolute Gasteiger partial charge is 0.222 e. The van der Waals surface area contributed by atoms with E-state index in [9.17, 15) is 4.79 Å². The fourth-order valence-electron chi connectivity index (χ4n) is 2.23. The van der Waals surface area contributed by atoms with Crippen molar-refractivity contribution in [2.45, 2.75) is 25.8 Å². The molecule has 0 heterocycles. The molecule has 4 heteroatoms. The topological polar surface area (TPSA) is 46.3 Å². The van der Waals surface area contributed by atoms with Gasteiger partial charge < -0.3 is 10.6 Å². The number of aryl methyl sites for hydroxylation is 1. The maximum absolute atomic E-state index is 12.1. The first kappa shape index (κ1) is 17.5. The molecule has 1 amide bonds. The van der Waals surface area contributed by atoms with E-state index in [0.29, 0.717) is 13.0 Å². The summed E-state index contributed by atoms with van der Waals surface area (Å²) in [5.41, 5.74) is 6.79. The average Bonchev–Trinajstić information content (AvgIpc) is 2.50. The van der Waals surface area contributed by atoms with Gasteiger partial charge in [0.05, 0.1) is 0 Å². The first-order chi connectivity index (χ1) is 9.61. The van der Waals surface area contributed by atoms with E-state index in [1.54, 1.807) is 4.90 Å². The zero-order valence-electron chi connectivity index (χ0n) is 12.6. The first-order valence-corrected chi connectivity index (χ1v) is 7.05. The van der Waals surface area contributed by atoms with Crippen LogP contribution in [0.15, 0.2) is 42.5 Å². The lowest BCUT2D eigenvalue weighted by Gasteiger charge is -2.23. The van der Waals surface area contributed by atoms with Crippen LogP contribution in [-0.2, 0) is 11.2 Å². The fourth-order valence-corrected chi connectivity index (χ4v) is 2.23. The molecule has 114 valence electrons. The molecule has 0 radical (unpaired) electrons. The molecule has 1 atom stereocenters. The molecule has 0 aliphatic carbocycles. The van der Waals surface area contributed by atoms with Gasteiger partial charge in [-0.15, -0.1) is 12.4 Å². The molecule has 3 nitrogen and oxygen atoms in total. The Labute approximate surface area is 132 Å². The van der Waals surface area contributed by atoms with Crippen molar-refractivity contribution in [3.8, 4) is 0 Å². The van der Waals surface area contributed by atoms with Gasteiger partial charge in [-0.05, 0) is 29.7 Å². The highest BCUT2D eigenvalue weighted by Gasteiger charge is 2.13. The van der Waals surface area contributed by atoms with Gasteiger partial charge in [-0.2, -0.15) is 0 Å². The number of hydrogen-bond acceptors (Lipinski definition) is 2. The number of carbonyl (C=O) groups is 1. The summed E-state index contributed by atoms with van der Waals surface area (Å²) in [6.45, 7) is 2.46. The Balaban J connectivity index is 0.00000220. The standard InChI is InChI=1S/C17H22N2O.ClH/c1-13(12-18)19(2)17(20)10-8-14-7-9-15-5-3-4-6-16(15)11-14;/h3-7,9,11,13H,8,10,12,18H2,1-2H3;1H. The van der Waals surface area contributed by atoms with Crippen molar-refractivity contribution in [3.05, 3.63) is 48.0 Å². The lowest BCUT2D eigenvalue weighted by atomic mass is 10.0. The minimum absolute atomic E-state index is 0. The quantitative estimate of drug-likeness (QED) is 0.923. The third-order valence-corrected chi connectivity index (χ3v) is 3.84. The number of likely N-dealkylation sites (N-methyl/N-ethyl adjacent to an activating group) is 1. The van der Waals surface area contributed by atoms with Crippen LogP contribution in [0.4, 0.5) is 0 Å². The molecule has 0 aliphatic heterocycles. The van der Waals surface area contributed by atoms with Crippen LogP contribution in [0.3, 0.4) is 0 Å². The van der Waals surface area contributed by atoms with Gasteiger partial charge in [-0.25, -0.2) is 0 Å². The Morgan fingerprint density at radius 1 is 1.19 bits per heavy atom. The van der Waals surface area contributed by atoms with Crippen molar-refractivity contribution < 1.29 is 4.79 Å². The zero-order chi connectivity index (χ0) is 14.5. The summed E-state index contributed by atoms with van der Waals surface area (Å²) >= 11 is 0. The van der Waals surface area contributed by atoms with Crippen molar-refractivity contribution >= 4 is 29.1 Å². The van der Waals surface area contributed by atoms with Crippen LogP contribution in [0.1, 0.15) is 18.9 Å². The highest BCUT2D eigenvalue weighted by molar-refractivity contribution is 5.85. The number of nitrogens with two attached hydrogens (primary N) is 1. The predicted octanol–water partition coefficient (Wildman–Crippen LogP) is 3.00. The Bertz CT molecular complexity index is 600. The third-order valence-electron chi connectivity index (χ3n) is 3.84. The summed E-state index contributed by atoms with van der Waals surface area (Å²) in [7, 11) is 1.82. The number of carbonyl (C=O) groups excluding carboxylic acids is 1. The number of amides is 1. The maximum Gasteiger partial charge on any atom is 0.222 e. The highest BCUT2D eigenvalue weighted by Crippen LogP contribution is 2.17. The van der Waals surface area contributed by atoms with Crippen LogP contribution < -0.4 is 5.73 Å². The molecule has 1 unspecified atom stereocenters. The minimum Gasteiger partial charge on any atom is -0.342 e. The van der Waals surface area contributed by atoms with Gasteiger partial charge in [0.2, 0.25) is 5.91 Å². The van der Waals surface area contributed by atoms with Gasteiger partial charge in [-0.3, -0.25) is 4.79 Å². The van der Waals surface area contributed by atoms with Crippen LogP contribution in [-0.4, -0.2) is 30.4 Å². The second-order valence-corrected chi connectivity index (χ2v) is 5.27. The van der Waals surface area contributed by atoms with Crippen molar-refractivity contribution in [2.75, 3.05) is 13.6 Å². The molecule has 0 spiro atoms. The summed E-state index contributed by atoms with van der Waals surface area (Å²) in [4.78, 5) is 13.8. The van der Waals surface area contributed by atoms with Crippen molar-refractivity contribution in [2.24, 2.45) is 5.73 Å². The van der Waals surface area contributed by atoms with E-state index in [-0.39, 0.29) is 24.4 Å². The fraction of sp³-hybridized carbons (Fsp3) is 0.353. The van der Waals surface area contributed by atoms with Crippen LogP contribution in [0.5, 0.6) is 0 Å². The Kier molecular flexibility index (Phi) is 6.66. The Hall–Kier alpha value is -1.58. The van der Waals surface area contributed by atoms with Crippen LogP contribution >= 0.6 is 12.4 Å². The zero-order valence-corrected chi connectivity index (χ0v) is 13.4.